The number of nitrogens with zero attached hydrogens (tertiary/aromatic N) is 5. The van der Waals surface area contributed by atoms with E-state index in [1.807, 2.05) is 17.2 Å². The lowest BCUT2D eigenvalue weighted by atomic mass is 10.0. The summed E-state index contributed by atoms with van der Waals surface area (Å²) in [6, 6.07) is 2.17. The quantitative estimate of drug-likeness (QED) is 0.910. The minimum absolute atomic E-state index is 0.268. The lowest BCUT2D eigenvalue weighted by Gasteiger charge is -2.33. The van der Waals surface area contributed by atoms with Crippen LogP contribution < -0.4 is 5.32 Å². The molecule has 0 spiro atoms. The number of piperidine rings is 1. The first-order valence-electron chi connectivity index (χ1n) is 8.48. The molecule has 128 valence electrons. The van der Waals surface area contributed by atoms with Gasteiger partial charge in [0.2, 0.25) is 5.91 Å². The van der Waals surface area contributed by atoms with Gasteiger partial charge < -0.3 is 10.2 Å². The van der Waals surface area contributed by atoms with Gasteiger partial charge in [-0.3, -0.25) is 9.78 Å². The van der Waals surface area contributed by atoms with Crippen LogP contribution in [-0.4, -0.2) is 49.7 Å². The van der Waals surface area contributed by atoms with E-state index in [4.69, 9.17) is 0 Å². The molecule has 0 aromatic carbocycles. The third-order valence-electron chi connectivity index (χ3n) is 4.14. The summed E-state index contributed by atoms with van der Waals surface area (Å²) < 4.78 is 1.69. The molecule has 2 aromatic rings. The molecule has 0 saturated carbocycles. The number of nitrogens with one attached hydrogen (secondary N) is 1. The van der Waals surface area contributed by atoms with Gasteiger partial charge in [0.25, 0.3) is 0 Å². The summed E-state index contributed by atoms with van der Waals surface area (Å²) in [5.74, 6) is 2.11. The van der Waals surface area contributed by atoms with E-state index in [9.17, 15) is 4.79 Å². The summed E-state index contributed by atoms with van der Waals surface area (Å²) in [4.78, 5) is 22.9. The highest BCUT2D eigenvalue weighted by atomic mass is 16.2. The number of hydrogen-bond donors (Lipinski definition) is 1. The van der Waals surface area contributed by atoms with Crippen LogP contribution in [0.1, 0.15) is 33.1 Å². The summed E-state index contributed by atoms with van der Waals surface area (Å²) in [7, 11) is 0. The van der Waals surface area contributed by atoms with E-state index in [0.717, 1.165) is 31.7 Å². The molecule has 3 heterocycles. The van der Waals surface area contributed by atoms with E-state index in [1.165, 1.54) is 0 Å². The molecule has 1 aliphatic heterocycles. The van der Waals surface area contributed by atoms with Gasteiger partial charge >= 0.3 is 0 Å². The predicted molar refractivity (Wildman–Crippen MR) is 91.8 cm³/mol. The number of carbonyl (C=O) groups is 1. The Morgan fingerprint density at radius 2 is 2.12 bits per heavy atom. The minimum atomic E-state index is 0.268. The molecular weight excluding hydrogens is 304 g/mol. The molecular formula is C17H24N6O. The number of carbonyl (C=O) groups excluding carboxylic acids is 1. The Bertz CT molecular complexity index is 661. The zero-order valence-corrected chi connectivity index (χ0v) is 14.2. The van der Waals surface area contributed by atoms with Crippen LogP contribution in [0.15, 0.2) is 30.9 Å². The topological polar surface area (TPSA) is 75.9 Å². The van der Waals surface area contributed by atoms with Gasteiger partial charge in [-0.1, -0.05) is 13.8 Å². The zero-order valence-electron chi connectivity index (χ0n) is 14.2. The number of rotatable bonds is 5. The first kappa shape index (κ1) is 16.4. The second-order valence-electron chi connectivity index (χ2n) is 6.61. The number of anilines is 1. The molecule has 1 saturated heterocycles. The summed E-state index contributed by atoms with van der Waals surface area (Å²) in [6.45, 7) is 5.76. The van der Waals surface area contributed by atoms with Crippen molar-refractivity contribution >= 4 is 11.7 Å². The van der Waals surface area contributed by atoms with Gasteiger partial charge in [-0.25, -0.2) is 9.67 Å². The fourth-order valence-electron chi connectivity index (χ4n) is 2.90. The first-order valence-corrected chi connectivity index (χ1v) is 8.48. The maximum atomic E-state index is 12.1. The Morgan fingerprint density at radius 3 is 2.79 bits per heavy atom. The van der Waals surface area contributed by atoms with E-state index in [0.29, 0.717) is 24.2 Å². The molecule has 2 aromatic heterocycles. The largest absolute Gasteiger partial charge is 0.366 e. The second kappa shape index (κ2) is 7.42. The Balaban J connectivity index is 1.55. The van der Waals surface area contributed by atoms with Crippen molar-refractivity contribution in [3.63, 3.8) is 0 Å². The molecule has 3 rings (SSSR count). The molecule has 1 fully saturated rings. The molecule has 0 bridgehead atoms. The fourth-order valence-corrected chi connectivity index (χ4v) is 2.90. The molecule has 0 radical (unpaired) electrons. The highest BCUT2D eigenvalue weighted by Crippen LogP contribution is 2.17. The van der Waals surface area contributed by atoms with E-state index in [2.05, 4.69) is 34.2 Å². The van der Waals surface area contributed by atoms with Crippen LogP contribution in [0.2, 0.25) is 0 Å². The Morgan fingerprint density at radius 1 is 1.33 bits per heavy atom. The molecule has 1 amide bonds. The van der Waals surface area contributed by atoms with Gasteiger partial charge in [-0.15, -0.1) is 0 Å². The van der Waals surface area contributed by atoms with E-state index >= 15 is 0 Å². The average Bonchev–Trinajstić information content (AvgIpc) is 3.10. The standard InChI is InChI=1S/C17H24N6O/c1-13(2)10-17(24)22-8-4-14(5-9-22)20-15-11-18-12-16(21-15)23-7-3-6-19-23/h3,6-7,11-14H,4-5,8-10H2,1-2H3,(H,20,21). The van der Waals surface area contributed by atoms with Crippen LogP contribution >= 0.6 is 0 Å². The molecule has 1 aliphatic rings. The van der Waals surface area contributed by atoms with Gasteiger partial charge in [0.1, 0.15) is 5.82 Å². The summed E-state index contributed by atoms with van der Waals surface area (Å²) in [5, 5.41) is 7.60. The smallest absolute Gasteiger partial charge is 0.222 e. The molecule has 1 N–H and O–H groups in total. The fraction of sp³-hybridized carbons (Fsp3) is 0.529. The second-order valence-corrected chi connectivity index (χ2v) is 6.61. The van der Waals surface area contributed by atoms with Crippen molar-refractivity contribution < 1.29 is 4.79 Å². The van der Waals surface area contributed by atoms with Crippen molar-refractivity contribution in [3.8, 4) is 5.82 Å². The van der Waals surface area contributed by atoms with Gasteiger partial charge in [0, 0.05) is 37.9 Å². The number of amides is 1. The van der Waals surface area contributed by atoms with Crippen molar-refractivity contribution in [2.24, 2.45) is 5.92 Å². The highest BCUT2D eigenvalue weighted by molar-refractivity contribution is 5.76. The maximum Gasteiger partial charge on any atom is 0.222 e. The van der Waals surface area contributed by atoms with Gasteiger partial charge in [0.15, 0.2) is 5.82 Å². The lowest BCUT2D eigenvalue weighted by molar-refractivity contribution is -0.132. The van der Waals surface area contributed by atoms with Gasteiger partial charge in [0.05, 0.1) is 12.4 Å². The predicted octanol–water partition coefficient (Wildman–Crippen LogP) is 2.11. The number of likely N-dealkylation sites (tertiary alicyclic amines) is 1. The summed E-state index contributed by atoms with van der Waals surface area (Å²) in [6.07, 6.45) is 9.46. The monoisotopic (exact) mass is 328 g/mol. The van der Waals surface area contributed by atoms with Crippen molar-refractivity contribution in [1.82, 2.24) is 24.6 Å². The molecule has 7 nitrogen and oxygen atoms in total. The summed E-state index contributed by atoms with van der Waals surface area (Å²) in [5.41, 5.74) is 0. The van der Waals surface area contributed by atoms with E-state index < -0.39 is 0 Å². The van der Waals surface area contributed by atoms with Gasteiger partial charge in [-0.05, 0) is 24.8 Å². The van der Waals surface area contributed by atoms with Crippen LogP contribution in [-0.2, 0) is 4.79 Å². The highest BCUT2D eigenvalue weighted by Gasteiger charge is 2.23. The number of hydrogen-bond acceptors (Lipinski definition) is 5. The molecule has 0 aliphatic carbocycles. The number of aromatic nitrogens is 4. The summed E-state index contributed by atoms with van der Waals surface area (Å²) >= 11 is 0. The van der Waals surface area contributed by atoms with E-state index in [1.54, 1.807) is 23.3 Å². The van der Waals surface area contributed by atoms with Crippen molar-refractivity contribution in [1.29, 1.82) is 0 Å². The Hall–Kier alpha value is -2.44. The SMILES string of the molecule is CC(C)CC(=O)N1CCC(Nc2cncc(-n3cccn3)n2)CC1. The Kier molecular flexibility index (Phi) is 5.08. The Labute approximate surface area is 142 Å². The molecule has 0 unspecified atom stereocenters. The van der Waals surface area contributed by atoms with Crippen LogP contribution in [0.3, 0.4) is 0 Å². The molecule has 7 heteroatoms. The van der Waals surface area contributed by atoms with Crippen molar-refractivity contribution in [3.05, 3.63) is 30.9 Å². The normalized spacial score (nSPS) is 15.7. The van der Waals surface area contributed by atoms with E-state index in [-0.39, 0.29) is 5.91 Å². The molecule has 0 atom stereocenters. The van der Waals surface area contributed by atoms with Crippen LogP contribution in [0.5, 0.6) is 0 Å². The van der Waals surface area contributed by atoms with Crippen LogP contribution in [0.25, 0.3) is 5.82 Å². The lowest BCUT2D eigenvalue weighted by Crippen LogP contribution is -2.42. The van der Waals surface area contributed by atoms with Crippen molar-refractivity contribution in [2.45, 2.75) is 39.2 Å². The van der Waals surface area contributed by atoms with Crippen molar-refractivity contribution in [2.75, 3.05) is 18.4 Å². The minimum Gasteiger partial charge on any atom is -0.366 e. The maximum absolute atomic E-state index is 12.1. The van der Waals surface area contributed by atoms with Gasteiger partial charge in [-0.2, -0.15) is 5.10 Å². The van der Waals surface area contributed by atoms with Crippen LogP contribution in [0, 0.1) is 5.92 Å². The van der Waals surface area contributed by atoms with Crippen LogP contribution in [0.4, 0.5) is 5.82 Å². The third kappa shape index (κ3) is 4.10. The third-order valence-corrected chi connectivity index (χ3v) is 4.14. The average molecular weight is 328 g/mol. The molecule has 24 heavy (non-hydrogen) atoms. The zero-order chi connectivity index (χ0) is 16.9. The first-order chi connectivity index (χ1) is 11.6.